The van der Waals surface area contributed by atoms with Crippen LogP contribution in [0.2, 0.25) is 5.02 Å². The molecule has 1 N–H and O–H groups in total. The van der Waals surface area contributed by atoms with E-state index in [-0.39, 0.29) is 23.7 Å². The van der Waals surface area contributed by atoms with Crippen molar-refractivity contribution in [1.82, 2.24) is 9.21 Å². The largest absolute Gasteiger partial charge is 0.507 e. The minimum atomic E-state index is -4.59. The van der Waals surface area contributed by atoms with E-state index in [4.69, 9.17) is 11.6 Å². The summed E-state index contributed by atoms with van der Waals surface area (Å²) < 4.78 is 65.4. The molecule has 1 aliphatic rings. The Bertz CT molecular complexity index is 1030. The Labute approximate surface area is 178 Å². The molecule has 0 aliphatic carbocycles. The van der Waals surface area contributed by atoms with Crippen LogP contribution in [0, 0.1) is 13.8 Å². The lowest BCUT2D eigenvalue weighted by Crippen LogP contribution is -2.48. The zero-order valence-electron chi connectivity index (χ0n) is 16.5. The van der Waals surface area contributed by atoms with Gasteiger partial charge in [-0.1, -0.05) is 23.7 Å². The van der Waals surface area contributed by atoms with Gasteiger partial charge < -0.3 is 5.11 Å². The fourth-order valence-corrected chi connectivity index (χ4v) is 5.49. The van der Waals surface area contributed by atoms with Crippen LogP contribution in [-0.4, -0.2) is 48.9 Å². The van der Waals surface area contributed by atoms with Crippen LogP contribution in [0.15, 0.2) is 35.2 Å². The van der Waals surface area contributed by atoms with Crippen molar-refractivity contribution in [2.24, 2.45) is 0 Å². The number of alkyl halides is 3. The number of sulfonamides is 1. The fourth-order valence-electron chi connectivity index (χ4n) is 3.55. The molecule has 0 bridgehead atoms. The summed E-state index contributed by atoms with van der Waals surface area (Å²) in [5.74, 6) is 0.267. The van der Waals surface area contributed by atoms with Crippen molar-refractivity contribution < 1.29 is 26.7 Å². The Morgan fingerprint density at radius 3 is 2.10 bits per heavy atom. The molecule has 0 aromatic heterocycles. The van der Waals surface area contributed by atoms with E-state index in [2.05, 4.69) is 4.90 Å². The summed E-state index contributed by atoms with van der Waals surface area (Å²) in [6.45, 7) is 5.60. The molecule has 1 heterocycles. The monoisotopic (exact) mass is 462 g/mol. The minimum absolute atomic E-state index is 0.204. The summed E-state index contributed by atoms with van der Waals surface area (Å²) in [5.41, 5.74) is 1.59. The molecule has 0 atom stereocenters. The summed E-state index contributed by atoms with van der Waals surface area (Å²) in [6, 6.07) is 6.07. The molecule has 0 amide bonds. The molecule has 3 rings (SSSR count). The summed E-state index contributed by atoms with van der Waals surface area (Å²) >= 11 is 5.88. The first-order chi connectivity index (χ1) is 13.9. The van der Waals surface area contributed by atoms with Crippen LogP contribution in [0.5, 0.6) is 5.75 Å². The standard InChI is InChI=1S/C20H22ClF3N2O3S/c1-13-9-15(10-14(2)19(13)27)12-25-5-7-26(8-6-25)30(28,29)18-4-3-16(11-17(18)21)20(22,23)24/h3-4,9-11,27H,5-8,12H2,1-2H3. The van der Waals surface area contributed by atoms with E-state index in [1.807, 2.05) is 26.0 Å². The van der Waals surface area contributed by atoms with E-state index in [1.165, 1.54) is 4.31 Å². The van der Waals surface area contributed by atoms with E-state index < -0.39 is 26.8 Å². The van der Waals surface area contributed by atoms with Crippen molar-refractivity contribution in [2.75, 3.05) is 26.2 Å². The molecule has 1 aliphatic heterocycles. The normalized spacial score (nSPS) is 16.7. The maximum atomic E-state index is 12.9. The average molecular weight is 463 g/mol. The molecule has 2 aromatic rings. The summed E-state index contributed by atoms with van der Waals surface area (Å²) in [7, 11) is -4.00. The van der Waals surface area contributed by atoms with Crippen LogP contribution < -0.4 is 0 Å². The highest BCUT2D eigenvalue weighted by Gasteiger charge is 2.34. The van der Waals surface area contributed by atoms with Crippen molar-refractivity contribution in [2.45, 2.75) is 31.5 Å². The molecular weight excluding hydrogens is 441 g/mol. The number of benzene rings is 2. The number of hydrogen-bond donors (Lipinski definition) is 1. The lowest BCUT2D eigenvalue weighted by molar-refractivity contribution is -0.137. The van der Waals surface area contributed by atoms with E-state index in [1.54, 1.807) is 0 Å². The molecule has 0 radical (unpaired) electrons. The van der Waals surface area contributed by atoms with Gasteiger partial charge in [0.2, 0.25) is 10.0 Å². The Morgan fingerprint density at radius 1 is 1.03 bits per heavy atom. The number of nitrogens with zero attached hydrogens (tertiary/aromatic N) is 2. The second-order valence-electron chi connectivity index (χ2n) is 7.40. The first kappa shape index (κ1) is 22.9. The molecule has 164 valence electrons. The number of hydrogen-bond acceptors (Lipinski definition) is 4. The quantitative estimate of drug-likeness (QED) is 0.740. The first-order valence-corrected chi connectivity index (χ1v) is 11.1. The molecule has 1 saturated heterocycles. The van der Waals surface area contributed by atoms with E-state index in [9.17, 15) is 26.7 Å². The van der Waals surface area contributed by atoms with Gasteiger partial charge in [0.05, 0.1) is 10.6 Å². The molecule has 2 aromatic carbocycles. The Hall–Kier alpha value is -1.81. The molecule has 0 unspecified atom stereocenters. The van der Waals surface area contributed by atoms with Gasteiger partial charge in [0.25, 0.3) is 0 Å². The highest BCUT2D eigenvalue weighted by atomic mass is 35.5. The summed E-state index contributed by atoms with van der Waals surface area (Å²) in [4.78, 5) is 1.77. The number of aryl methyl sites for hydroxylation is 2. The number of phenols is 1. The van der Waals surface area contributed by atoms with Gasteiger partial charge in [-0.05, 0) is 48.7 Å². The Morgan fingerprint density at radius 2 is 1.60 bits per heavy atom. The van der Waals surface area contributed by atoms with Crippen LogP contribution in [-0.2, 0) is 22.7 Å². The number of aromatic hydroxyl groups is 1. The maximum absolute atomic E-state index is 12.9. The number of piperazine rings is 1. The lowest BCUT2D eigenvalue weighted by atomic mass is 10.1. The number of rotatable bonds is 4. The Balaban J connectivity index is 1.70. The average Bonchev–Trinajstić information content (AvgIpc) is 2.65. The van der Waals surface area contributed by atoms with Crippen molar-refractivity contribution in [3.63, 3.8) is 0 Å². The summed E-state index contributed by atoms with van der Waals surface area (Å²) in [6.07, 6.45) is -4.59. The smallest absolute Gasteiger partial charge is 0.416 e. The van der Waals surface area contributed by atoms with Crippen LogP contribution in [0.1, 0.15) is 22.3 Å². The molecule has 0 saturated carbocycles. The fraction of sp³-hybridized carbons (Fsp3) is 0.400. The molecular formula is C20H22ClF3N2O3S. The van der Waals surface area contributed by atoms with Crippen molar-refractivity contribution in [3.8, 4) is 5.75 Å². The second kappa shape index (κ2) is 8.37. The van der Waals surface area contributed by atoms with Gasteiger partial charge in [-0.2, -0.15) is 17.5 Å². The highest BCUT2D eigenvalue weighted by molar-refractivity contribution is 7.89. The van der Waals surface area contributed by atoms with E-state index in [0.29, 0.717) is 25.7 Å². The van der Waals surface area contributed by atoms with Crippen LogP contribution in [0.4, 0.5) is 13.2 Å². The highest BCUT2D eigenvalue weighted by Crippen LogP contribution is 2.34. The Kier molecular flexibility index (Phi) is 6.38. The lowest BCUT2D eigenvalue weighted by Gasteiger charge is -2.34. The number of phenolic OH excluding ortho intramolecular Hbond substituents is 1. The van der Waals surface area contributed by atoms with Crippen molar-refractivity contribution >= 4 is 21.6 Å². The minimum Gasteiger partial charge on any atom is -0.507 e. The zero-order chi connectivity index (χ0) is 22.3. The van der Waals surface area contributed by atoms with E-state index >= 15 is 0 Å². The molecule has 0 spiro atoms. The predicted octanol–water partition coefficient (Wildman–Crippen LogP) is 4.19. The number of halogens is 4. The summed E-state index contributed by atoms with van der Waals surface area (Å²) in [5, 5.41) is 9.45. The maximum Gasteiger partial charge on any atom is 0.416 e. The third kappa shape index (κ3) is 4.74. The zero-order valence-corrected chi connectivity index (χ0v) is 18.1. The molecule has 1 fully saturated rings. The molecule has 10 heteroatoms. The van der Waals surface area contributed by atoms with Gasteiger partial charge in [0, 0.05) is 32.7 Å². The topological polar surface area (TPSA) is 60.9 Å². The van der Waals surface area contributed by atoms with Crippen LogP contribution >= 0.6 is 11.6 Å². The third-order valence-electron chi connectivity index (χ3n) is 5.17. The first-order valence-electron chi connectivity index (χ1n) is 9.28. The SMILES string of the molecule is Cc1cc(CN2CCN(S(=O)(=O)c3ccc(C(F)(F)F)cc3Cl)CC2)cc(C)c1O. The van der Waals surface area contributed by atoms with Crippen LogP contribution in [0.3, 0.4) is 0 Å². The van der Waals surface area contributed by atoms with Gasteiger partial charge >= 0.3 is 6.18 Å². The van der Waals surface area contributed by atoms with Crippen molar-refractivity contribution in [1.29, 1.82) is 0 Å². The van der Waals surface area contributed by atoms with Gasteiger partial charge in [-0.25, -0.2) is 8.42 Å². The van der Waals surface area contributed by atoms with E-state index in [0.717, 1.165) is 28.8 Å². The second-order valence-corrected chi connectivity index (χ2v) is 9.71. The van der Waals surface area contributed by atoms with Crippen molar-refractivity contribution in [3.05, 3.63) is 57.6 Å². The molecule has 30 heavy (non-hydrogen) atoms. The van der Waals surface area contributed by atoms with Gasteiger partial charge in [0.15, 0.2) is 0 Å². The van der Waals surface area contributed by atoms with Gasteiger partial charge in [-0.3, -0.25) is 4.90 Å². The molecule has 5 nitrogen and oxygen atoms in total. The third-order valence-corrected chi connectivity index (χ3v) is 7.55. The predicted molar refractivity (Wildman–Crippen MR) is 108 cm³/mol. The van der Waals surface area contributed by atoms with Crippen LogP contribution in [0.25, 0.3) is 0 Å². The van der Waals surface area contributed by atoms with Gasteiger partial charge in [0.1, 0.15) is 10.6 Å². The van der Waals surface area contributed by atoms with Gasteiger partial charge in [-0.15, -0.1) is 0 Å².